The third kappa shape index (κ3) is 2.50. The molecule has 0 aliphatic carbocycles. The minimum absolute atomic E-state index is 0.0753. The van der Waals surface area contributed by atoms with E-state index in [-0.39, 0.29) is 9.52 Å². The molecule has 0 bridgehead atoms. The van der Waals surface area contributed by atoms with Gasteiger partial charge in [-0.3, -0.25) is 0 Å². The molecule has 0 saturated heterocycles. The van der Waals surface area contributed by atoms with E-state index in [9.17, 15) is 0 Å². The molecule has 0 unspecified atom stereocenters. The summed E-state index contributed by atoms with van der Waals surface area (Å²) in [4.78, 5) is 0. The van der Waals surface area contributed by atoms with E-state index in [1.54, 1.807) is 5.19 Å². The highest BCUT2D eigenvalue weighted by Crippen LogP contribution is 1.96. The van der Waals surface area contributed by atoms with Crippen molar-refractivity contribution in [2.75, 3.05) is 0 Å². The summed E-state index contributed by atoms with van der Waals surface area (Å²) in [6.07, 6.45) is 1.16. The van der Waals surface area contributed by atoms with Gasteiger partial charge in [0.1, 0.15) is 0 Å². The maximum Gasteiger partial charge on any atom is 0.0544 e. The van der Waals surface area contributed by atoms with Gasteiger partial charge < -0.3 is 0 Å². The number of rotatable bonds is 3. The first-order chi connectivity index (χ1) is 5.36. The van der Waals surface area contributed by atoms with Crippen molar-refractivity contribution in [3.05, 3.63) is 29.8 Å². The molecule has 0 heterocycles. The van der Waals surface area contributed by atoms with Crippen LogP contribution in [-0.4, -0.2) is 9.52 Å². The normalized spacial score (nSPS) is 11.1. The molecule has 1 heteroatoms. The van der Waals surface area contributed by atoms with Gasteiger partial charge in [-0.1, -0.05) is 49.3 Å². The highest BCUT2D eigenvalue weighted by Gasteiger charge is 1.91. The summed E-state index contributed by atoms with van der Waals surface area (Å²) in [6, 6.07) is 10.5. The van der Waals surface area contributed by atoms with Crippen molar-refractivity contribution in [2.24, 2.45) is 0 Å². The van der Waals surface area contributed by atoms with E-state index in [1.807, 2.05) is 0 Å². The Morgan fingerprint density at radius 2 is 1.73 bits per heavy atom. The Hall–Kier alpha value is -0.563. The summed E-state index contributed by atoms with van der Waals surface area (Å²) in [6.45, 7) is 4.48. The van der Waals surface area contributed by atoms with Crippen LogP contribution < -0.4 is 5.19 Å². The van der Waals surface area contributed by atoms with Crippen LogP contribution in [0.2, 0.25) is 6.04 Å². The van der Waals surface area contributed by atoms with Crippen molar-refractivity contribution in [3.63, 3.8) is 0 Å². The second-order valence-electron chi connectivity index (χ2n) is 2.92. The second kappa shape index (κ2) is 4.34. The SMILES string of the molecule is CC[SiH2]c1ccc(CC)cc1. The van der Waals surface area contributed by atoms with Crippen LogP contribution >= 0.6 is 0 Å². The Kier molecular flexibility index (Phi) is 3.37. The first kappa shape index (κ1) is 8.53. The van der Waals surface area contributed by atoms with Gasteiger partial charge >= 0.3 is 0 Å². The van der Waals surface area contributed by atoms with E-state index in [2.05, 4.69) is 38.1 Å². The fraction of sp³-hybridized carbons (Fsp3) is 0.400. The zero-order chi connectivity index (χ0) is 8.10. The van der Waals surface area contributed by atoms with Crippen LogP contribution in [0.1, 0.15) is 19.4 Å². The van der Waals surface area contributed by atoms with E-state index >= 15 is 0 Å². The highest BCUT2D eigenvalue weighted by atomic mass is 28.2. The van der Waals surface area contributed by atoms with Gasteiger partial charge in [0.25, 0.3) is 0 Å². The van der Waals surface area contributed by atoms with E-state index in [1.165, 1.54) is 11.6 Å². The van der Waals surface area contributed by atoms with Crippen LogP contribution in [-0.2, 0) is 6.42 Å². The van der Waals surface area contributed by atoms with Crippen LogP contribution in [0, 0.1) is 0 Å². The molecule has 1 rings (SSSR count). The topological polar surface area (TPSA) is 0 Å². The van der Waals surface area contributed by atoms with Gasteiger partial charge in [-0.2, -0.15) is 0 Å². The van der Waals surface area contributed by atoms with Crippen molar-refractivity contribution >= 4 is 14.7 Å². The van der Waals surface area contributed by atoms with Gasteiger partial charge in [-0.05, 0) is 12.0 Å². The zero-order valence-electron chi connectivity index (χ0n) is 7.43. The summed E-state index contributed by atoms with van der Waals surface area (Å²) in [5, 5.41) is 1.60. The lowest BCUT2D eigenvalue weighted by atomic mass is 10.2. The molecule has 0 aliphatic heterocycles. The Morgan fingerprint density at radius 3 is 2.18 bits per heavy atom. The number of hydrogen-bond acceptors (Lipinski definition) is 0. The Balaban J connectivity index is 2.66. The van der Waals surface area contributed by atoms with Gasteiger partial charge in [-0.15, -0.1) is 0 Å². The van der Waals surface area contributed by atoms with Gasteiger partial charge in [-0.25, -0.2) is 0 Å². The summed E-state index contributed by atoms with van der Waals surface area (Å²) in [7, 11) is 0.0753. The lowest BCUT2D eigenvalue weighted by Crippen LogP contribution is -2.11. The number of benzene rings is 1. The van der Waals surface area contributed by atoms with Gasteiger partial charge in [0.15, 0.2) is 0 Å². The average Bonchev–Trinajstić information content (AvgIpc) is 2.07. The molecule has 0 amide bonds. The van der Waals surface area contributed by atoms with Crippen LogP contribution in [0.15, 0.2) is 24.3 Å². The molecular weight excluding hydrogens is 148 g/mol. The second-order valence-corrected chi connectivity index (χ2v) is 5.24. The number of hydrogen-bond donors (Lipinski definition) is 0. The highest BCUT2D eigenvalue weighted by molar-refractivity contribution is 6.53. The first-order valence-electron chi connectivity index (χ1n) is 4.44. The number of aryl methyl sites for hydroxylation is 1. The first-order valence-corrected chi connectivity index (χ1v) is 6.15. The van der Waals surface area contributed by atoms with Crippen molar-refractivity contribution in [2.45, 2.75) is 26.3 Å². The molecule has 0 radical (unpaired) electrons. The smallest absolute Gasteiger partial charge is 0.0544 e. The predicted octanol–water partition coefficient (Wildman–Crippen LogP) is 1.48. The fourth-order valence-electron chi connectivity index (χ4n) is 1.23. The molecule has 0 atom stereocenters. The minimum Gasteiger partial charge on any atom is -0.0680 e. The summed E-state index contributed by atoms with van der Waals surface area (Å²) < 4.78 is 0. The molecular formula is C10H16Si. The average molecular weight is 164 g/mol. The molecule has 0 aliphatic rings. The quantitative estimate of drug-likeness (QED) is 0.594. The summed E-state index contributed by atoms with van der Waals surface area (Å²) in [5.74, 6) is 0. The maximum atomic E-state index is 2.30. The molecule has 0 aromatic heterocycles. The monoisotopic (exact) mass is 164 g/mol. The Bertz CT molecular complexity index is 201. The standard InChI is InChI=1S/C10H16Si/c1-3-9-5-7-10(8-6-9)11-4-2/h5-8H,3-4,11H2,1-2H3. The molecule has 1 aromatic carbocycles. The molecule has 0 N–H and O–H groups in total. The molecule has 11 heavy (non-hydrogen) atoms. The lowest BCUT2D eigenvalue weighted by Gasteiger charge is -1.99. The van der Waals surface area contributed by atoms with Gasteiger partial charge in [0, 0.05) is 0 Å². The van der Waals surface area contributed by atoms with E-state index in [4.69, 9.17) is 0 Å². The van der Waals surface area contributed by atoms with Gasteiger partial charge in [0.05, 0.1) is 9.52 Å². The van der Waals surface area contributed by atoms with Crippen LogP contribution in [0.3, 0.4) is 0 Å². The van der Waals surface area contributed by atoms with Crippen LogP contribution in [0.4, 0.5) is 0 Å². The molecule has 0 saturated carbocycles. The van der Waals surface area contributed by atoms with Crippen molar-refractivity contribution in [3.8, 4) is 0 Å². The largest absolute Gasteiger partial charge is 0.0680 e. The Morgan fingerprint density at radius 1 is 1.09 bits per heavy atom. The predicted molar refractivity (Wildman–Crippen MR) is 54.5 cm³/mol. The molecule has 1 aromatic rings. The minimum atomic E-state index is 0.0753. The van der Waals surface area contributed by atoms with E-state index < -0.39 is 0 Å². The lowest BCUT2D eigenvalue weighted by molar-refractivity contribution is 1.14. The van der Waals surface area contributed by atoms with Crippen molar-refractivity contribution in [1.29, 1.82) is 0 Å². The molecule has 0 nitrogen and oxygen atoms in total. The van der Waals surface area contributed by atoms with Crippen molar-refractivity contribution in [1.82, 2.24) is 0 Å². The van der Waals surface area contributed by atoms with E-state index in [0.29, 0.717) is 0 Å². The maximum absolute atomic E-state index is 2.30. The van der Waals surface area contributed by atoms with Crippen LogP contribution in [0.5, 0.6) is 0 Å². The zero-order valence-corrected chi connectivity index (χ0v) is 8.84. The fourth-order valence-corrected chi connectivity index (χ4v) is 2.38. The molecule has 0 fully saturated rings. The van der Waals surface area contributed by atoms with Crippen LogP contribution in [0.25, 0.3) is 0 Å². The third-order valence-corrected chi connectivity index (χ3v) is 3.52. The third-order valence-electron chi connectivity index (χ3n) is 1.97. The Labute approximate surface area is 71.5 Å². The summed E-state index contributed by atoms with van der Waals surface area (Å²) >= 11 is 0. The molecule has 0 spiro atoms. The molecule has 60 valence electrons. The van der Waals surface area contributed by atoms with Crippen molar-refractivity contribution < 1.29 is 0 Å². The van der Waals surface area contributed by atoms with Gasteiger partial charge in [0.2, 0.25) is 0 Å². The van der Waals surface area contributed by atoms with E-state index in [0.717, 1.165) is 6.42 Å². The summed E-state index contributed by atoms with van der Waals surface area (Å²) in [5.41, 5.74) is 1.46.